The Hall–Kier alpha value is -3.44. The summed E-state index contributed by atoms with van der Waals surface area (Å²) in [5.41, 5.74) is 0.401. The number of nitrogens with zero attached hydrogens (tertiary/aromatic N) is 1. The SMILES string of the molecule is COC(=O)NCOCCCSC1=CC(=O)c2[nH]nc(C(=O)Nc3ccccc3)c2C1=O. The van der Waals surface area contributed by atoms with Gasteiger partial charge >= 0.3 is 6.09 Å². The molecule has 2 amide bonds. The third-order valence-corrected chi connectivity index (χ3v) is 5.27. The van der Waals surface area contributed by atoms with Crippen LogP contribution in [-0.4, -0.2) is 60.0 Å². The quantitative estimate of drug-likeness (QED) is 0.396. The largest absolute Gasteiger partial charge is 0.453 e. The molecule has 0 unspecified atom stereocenters. The minimum absolute atomic E-state index is 0.00443. The van der Waals surface area contributed by atoms with Gasteiger partial charge in [-0.15, -0.1) is 11.8 Å². The predicted octanol–water partition coefficient (Wildman–Crippen LogP) is 2.38. The number of methoxy groups -OCH3 is 1. The van der Waals surface area contributed by atoms with E-state index in [0.717, 1.165) is 0 Å². The molecule has 11 heteroatoms. The van der Waals surface area contributed by atoms with Gasteiger partial charge in [-0.2, -0.15) is 5.10 Å². The monoisotopic (exact) mass is 444 g/mol. The Morgan fingerprint density at radius 1 is 1.19 bits per heavy atom. The van der Waals surface area contributed by atoms with Crippen LogP contribution in [0, 0.1) is 0 Å². The first-order chi connectivity index (χ1) is 15.0. The van der Waals surface area contributed by atoms with Crippen LogP contribution in [0.4, 0.5) is 10.5 Å². The summed E-state index contributed by atoms with van der Waals surface area (Å²) in [5.74, 6) is -0.925. The molecule has 10 nitrogen and oxygen atoms in total. The Kier molecular flexibility index (Phi) is 7.57. The Bertz CT molecular complexity index is 1020. The fraction of sp³-hybridized carbons (Fsp3) is 0.250. The van der Waals surface area contributed by atoms with Crippen molar-refractivity contribution < 1.29 is 28.7 Å². The molecule has 3 N–H and O–H groups in total. The standard InChI is InChI=1S/C20H20N4O6S/c1-29-20(28)21-11-30-8-5-9-31-14-10-13(25)16-15(18(14)26)17(24-23-16)19(27)22-12-6-3-2-4-7-12/h2-4,6-7,10H,5,8-9,11H2,1H3,(H,21,28)(H,22,27)(H,23,24). The van der Waals surface area contributed by atoms with Crippen molar-refractivity contribution in [3.05, 3.63) is 58.3 Å². The first-order valence-electron chi connectivity index (χ1n) is 9.29. The van der Waals surface area contributed by atoms with Gasteiger partial charge in [0.05, 0.1) is 17.6 Å². The van der Waals surface area contributed by atoms with Gasteiger partial charge in [-0.25, -0.2) is 4.79 Å². The highest BCUT2D eigenvalue weighted by molar-refractivity contribution is 8.04. The van der Waals surface area contributed by atoms with Crippen molar-refractivity contribution in [3.63, 3.8) is 0 Å². The number of hydrogen-bond donors (Lipinski definition) is 3. The molecule has 0 bridgehead atoms. The van der Waals surface area contributed by atoms with Gasteiger partial charge in [0.1, 0.15) is 12.4 Å². The number of ketones is 2. The van der Waals surface area contributed by atoms with Crippen LogP contribution in [0.3, 0.4) is 0 Å². The summed E-state index contributed by atoms with van der Waals surface area (Å²) in [6.45, 7) is 0.351. The summed E-state index contributed by atoms with van der Waals surface area (Å²) in [6.07, 6.45) is 1.23. The number of H-pyrrole nitrogens is 1. The van der Waals surface area contributed by atoms with Crippen LogP contribution < -0.4 is 10.6 Å². The molecule has 0 atom stereocenters. The third kappa shape index (κ3) is 5.58. The Labute approximate surface area is 181 Å². The summed E-state index contributed by atoms with van der Waals surface area (Å²) in [4.78, 5) is 49.0. The zero-order chi connectivity index (χ0) is 22.2. The predicted molar refractivity (Wildman–Crippen MR) is 113 cm³/mol. The molecule has 1 aromatic heterocycles. The molecule has 0 radical (unpaired) electrons. The number of fused-ring (bicyclic) bond motifs is 1. The van der Waals surface area contributed by atoms with Gasteiger partial charge in [0.2, 0.25) is 11.6 Å². The Balaban J connectivity index is 1.57. The van der Waals surface area contributed by atoms with Gasteiger partial charge in [0.25, 0.3) is 5.91 Å². The summed E-state index contributed by atoms with van der Waals surface area (Å²) in [6, 6.07) is 8.74. The lowest BCUT2D eigenvalue weighted by Crippen LogP contribution is -2.26. The number of carbonyl (C=O) groups is 4. The van der Waals surface area contributed by atoms with Gasteiger partial charge in [0, 0.05) is 24.1 Å². The molecule has 1 aliphatic carbocycles. The van der Waals surface area contributed by atoms with Crippen molar-refractivity contribution in [2.24, 2.45) is 0 Å². The number of allylic oxidation sites excluding steroid dienone is 2. The second-order valence-electron chi connectivity index (χ2n) is 6.27. The number of rotatable bonds is 9. The number of anilines is 1. The van der Waals surface area contributed by atoms with Gasteiger partial charge in [-0.05, 0) is 18.6 Å². The topological polar surface area (TPSA) is 139 Å². The van der Waals surface area contributed by atoms with Crippen molar-refractivity contribution >= 4 is 41.0 Å². The van der Waals surface area contributed by atoms with E-state index in [1.165, 1.54) is 24.9 Å². The highest BCUT2D eigenvalue weighted by atomic mass is 32.2. The molecule has 0 saturated heterocycles. The number of ether oxygens (including phenoxy) is 2. The third-order valence-electron chi connectivity index (χ3n) is 4.17. The molecule has 162 valence electrons. The van der Waals surface area contributed by atoms with E-state index in [-0.39, 0.29) is 28.6 Å². The lowest BCUT2D eigenvalue weighted by molar-refractivity contribution is 0.0979. The molecule has 0 fully saturated rings. The highest BCUT2D eigenvalue weighted by Gasteiger charge is 2.33. The number of para-hydroxylation sites is 1. The number of benzene rings is 1. The molecular formula is C20H20N4O6S. The van der Waals surface area contributed by atoms with E-state index in [9.17, 15) is 19.2 Å². The second-order valence-corrected chi connectivity index (χ2v) is 7.40. The summed E-state index contributed by atoms with van der Waals surface area (Å²) >= 11 is 1.19. The van der Waals surface area contributed by atoms with E-state index in [1.807, 2.05) is 6.07 Å². The number of alkyl carbamates (subject to hydrolysis) is 1. The van der Waals surface area contributed by atoms with E-state index in [4.69, 9.17) is 4.74 Å². The van der Waals surface area contributed by atoms with Crippen molar-refractivity contribution in [2.45, 2.75) is 6.42 Å². The number of nitrogens with one attached hydrogen (secondary N) is 3. The molecule has 0 spiro atoms. The summed E-state index contributed by atoms with van der Waals surface area (Å²) in [5, 5.41) is 11.4. The fourth-order valence-electron chi connectivity index (χ4n) is 2.70. The van der Waals surface area contributed by atoms with Crippen LogP contribution in [0.5, 0.6) is 0 Å². The van der Waals surface area contributed by atoms with Crippen LogP contribution in [-0.2, 0) is 9.47 Å². The molecule has 1 aliphatic rings. The molecule has 0 saturated carbocycles. The highest BCUT2D eigenvalue weighted by Crippen LogP contribution is 2.30. The van der Waals surface area contributed by atoms with E-state index in [1.54, 1.807) is 24.3 Å². The number of hydrogen-bond acceptors (Lipinski definition) is 8. The van der Waals surface area contributed by atoms with Crippen LogP contribution in [0.25, 0.3) is 0 Å². The molecule has 31 heavy (non-hydrogen) atoms. The zero-order valence-electron chi connectivity index (χ0n) is 16.6. The van der Waals surface area contributed by atoms with Crippen molar-refractivity contribution in [2.75, 3.05) is 31.5 Å². The van der Waals surface area contributed by atoms with E-state index in [0.29, 0.717) is 24.5 Å². The summed E-state index contributed by atoms with van der Waals surface area (Å²) in [7, 11) is 1.25. The molecular weight excluding hydrogens is 424 g/mol. The molecule has 0 aliphatic heterocycles. The Morgan fingerprint density at radius 2 is 1.97 bits per heavy atom. The molecule has 3 rings (SSSR count). The summed E-state index contributed by atoms with van der Waals surface area (Å²) < 4.78 is 9.64. The van der Waals surface area contributed by atoms with Crippen LogP contribution in [0.1, 0.15) is 37.8 Å². The minimum Gasteiger partial charge on any atom is -0.453 e. The van der Waals surface area contributed by atoms with Gasteiger partial charge in [-0.3, -0.25) is 24.8 Å². The van der Waals surface area contributed by atoms with Crippen molar-refractivity contribution in [3.8, 4) is 0 Å². The maximum absolute atomic E-state index is 12.9. The second kappa shape index (κ2) is 10.5. The average Bonchev–Trinajstić information content (AvgIpc) is 3.23. The van der Waals surface area contributed by atoms with Crippen LogP contribution in [0.2, 0.25) is 0 Å². The first kappa shape index (κ1) is 22.2. The van der Waals surface area contributed by atoms with Crippen molar-refractivity contribution in [1.82, 2.24) is 15.5 Å². The lowest BCUT2D eigenvalue weighted by atomic mass is 9.99. The van der Waals surface area contributed by atoms with Gasteiger partial charge in [-0.1, -0.05) is 18.2 Å². The number of aromatic nitrogens is 2. The number of carbonyl (C=O) groups excluding carboxylic acids is 4. The Morgan fingerprint density at radius 3 is 2.71 bits per heavy atom. The van der Waals surface area contributed by atoms with Crippen LogP contribution >= 0.6 is 11.8 Å². The van der Waals surface area contributed by atoms with E-state index in [2.05, 4.69) is 25.6 Å². The zero-order valence-corrected chi connectivity index (χ0v) is 17.4. The van der Waals surface area contributed by atoms with E-state index < -0.39 is 23.6 Å². The molecule has 2 aromatic rings. The van der Waals surface area contributed by atoms with E-state index >= 15 is 0 Å². The number of Topliss-reactive ketones (excluding diaryl/α,β-unsaturated/α-hetero) is 1. The average molecular weight is 444 g/mol. The normalized spacial score (nSPS) is 12.7. The fourth-order valence-corrected chi connectivity index (χ4v) is 3.61. The van der Waals surface area contributed by atoms with Gasteiger partial charge in [0.15, 0.2) is 5.69 Å². The number of aromatic amines is 1. The maximum atomic E-state index is 12.9. The number of thioether (sulfide) groups is 1. The lowest BCUT2D eigenvalue weighted by Gasteiger charge is -2.12. The molecule has 1 aromatic carbocycles. The maximum Gasteiger partial charge on any atom is 0.408 e. The van der Waals surface area contributed by atoms with Crippen molar-refractivity contribution in [1.29, 1.82) is 0 Å². The number of amides is 2. The smallest absolute Gasteiger partial charge is 0.408 e. The van der Waals surface area contributed by atoms with Crippen LogP contribution in [0.15, 0.2) is 41.3 Å². The van der Waals surface area contributed by atoms with Gasteiger partial charge < -0.3 is 14.8 Å². The minimum atomic E-state index is -0.589. The first-order valence-corrected chi connectivity index (χ1v) is 10.3. The molecule has 1 heterocycles.